The molecule has 1 rings (SSSR count). The van der Waals surface area contributed by atoms with Crippen molar-refractivity contribution in [1.29, 1.82) is 0 Å². The summed E-state index contributed by atoms with van der Waals surface area (Å²) < 4.78 is 28.3. The molecule has 4 heteroatoms. The highest BCUT2D eigenvalue weighted by Gasteiger charge is 2.38. The highest BCUT2D eigenvalue weighted by atomic mass is 19.1. The zero-order chi connectivity index (χ0) is 15.3. The normalized spacial score (nSPS) is 16.2. The van der Waals surface area contributed by atoms with Crippen molar-refractivity contribution in [3.05, 3.63) is 35.4 Å². The Morgan fingerprint density at radius 2 is 1.75 bits per heavy atom. The Morgan fingerprint density at radius 1 is 1.20 bits per heavy atom. The molecule has 114 valence electrons. The van der Waals surface area contributed by atoms with Crippen LogP contribution in [0.1, 0.15) is 45.2 Å². The monoisotopic (exact) mass is 284 g/mol. The van der Waals surface area contributed by atoms with Crippen LogP contribution >= 0.6 is 0 Å². The summed E-state index contributed by atoms with van der Waals surface area (Å²) in [5, 5.41) is 3.32. The van der Waals surface area contributed by atoms with Gasteiger partial charge in [-0.25, -0.2) is 8.78 Å². The minimum absolute atomic E-state index is 0.138. The molecule has 0 aliphatic rings. The van der Waals surface area contributed by atoms with Crippen LogP contribution in [0.5, 0.6) is 0 Å². The van der Waals surface area contributed by atoms with Crippen molar-refractivity contribution in [2.45, 2.75) is 45.2 Å². The van der Waals surface area contributed by atoms with Gasteiger partial charge >= 0.3 is 0 Å². The van der Waals surface area contributed by atoms with Crippen LogP contribution in [0.2, 0.25) is 0 Å². The minimum Gasteiger partial charge on any atom is -0.308 e. The maximum atomic E-state index is 14.2. The van der Waals surface area contributed by atoms with Crippen LogP contribution in [0.4, 0.5) is 8.78 Å². The second kappa shape index (κ2) is 7.14. The first-order chi connectivity index (χ1) is 9.38. The molecule has 0 spiro atoms. The Kier molecular flexibility index (Phi) is 6.08. The molecule has 1 aromatic rings. The summed E-state index contributed by atoms with van der Waals surface area (Å²) in [6.45, 7) is 6.84. The zero-order valence-electron chi connectivity index (χ0n) is 13.1. The molecule has 0 aliphatic heterocycles. The van der Waals surface area contributed by atoms with Gasteiger partial charge in [0, 0.05) is 11.1 Å². The third-order valence-electron chi connectivity index (χ3n) is 4.25. The Balaban J connectivity index is 3.31. The molecular weight excluding hydrogens is 258 g/mol. The number of nitrogens with zero attached hydrogens (tertiary/aromatic N) is 1. The highest BCUT2D eigenvalue weighted by molar-refractivity contribution is 5.27. The zero-order valence-corrected chi connectivity index (χ0v) is 13.1. The largest absolute Gasteiger partial charge is 0.308 e. The Hall–Kier alpha value is -1.00. The van der Waals surface area contributed by atoms with Crippen molar-refractivity contribution in [2.75, 3.05) is 20.6 Å². The Labute approximate surface area is 121 Å². The molecule has 2 nitrogen and oxygen atoms in total. The van der Waals surface area contributed by atoms with E-state index in [1.54, 1.807) is 0 Å². The smallest absolute Gasteiger partial charge is 0.130 e. The first-order valence-corrected chi connectivity index (χ1v) is 7.23. The second-order valence-corrected chi connectivity index (χ2v) is 5.63. The van der Waals surface area contributed by atoms with Crippen molar-refractivity contribution in [1.82, 2.24) is 10.2 Å². The molecule has 0 saturated heterocycles. The van der Waals surface area contributed by atoms with Gasteiger partial charge in [0.15, 0.2) is 0 Å². The summed E-state index contributed by atoms with van der Waals surface area (Å²) in [5.41, 5.74) is -0.225. The molecule has 0 heterocycles. The molecule has 20 heavy (non-hydrogen) atoms. The molecule has 0 aliphatic carbocycles. The summed E-state index contributed by atoms with van der Waals surface area (Å²) in [6.07, 6.45) is 1.70. The van der Waals surface area contributed by atoms with Crippen molar-refractivity contribution >= 4 is 0 Å². The number of nitrogens with one attached hydrogen (secondary N) is 1. The van der Waals surface area contributed by atoms with E-state index in [2.05, 4.69) is 5.32 Å². The SMILES string of the molecule is CCCNC(c1c(F)cccc1F)C(C)(CC)N(C)C. The third-order valence-corrected chi connectivity index (χ3v) is 4.25. The van der Waals surface area contributed by atoms with E-state index >= 15 is 0 Å². The number of rotatable bonds is 7. The van der Waals surface area contributed by atoms with Crippen LogP contribution < -0.4 is 5.32 Å². The van der Waals surface area contributed by atoms with Gasteiger partial charge < -0.3 is 10.2 Å². The maximum absolute atomic E-state index is 14.2. The maximum Gasteiger partial charge on any atom is 0.130 e. The summed E-state index contributed by atoms with van der Waals surface area (Å²) >= 11 is 0. The van der Waals surface area contributed by atoms with Gasteiger partial charge in [-0.3, -0.25) is 0 Å². The van der Waals surface area contributed by atoms with E-state index in [1.165, 1.54) is 18.2 Å². The Bertz CT molecular complexity index is 414. The van der Waals surface area contributed by atoms with Gasteiger partial charge in [-0.05, 0) is 52.5 Å². The number of halogens is 2. The van der Waals surface area contributed by atoms with Gasteiger partial charge in [-0.2, -0.15) is 0 Å². The minimum atomic E-state index is -0.486. The summed E-state index contributed by atoms with van der Waals surface area (Å²) in [5.74, 6) is -0.972. The van der Waals surface area contributed by atoms with Crippen molar-refractivity contribution in [3.63, 3.8) is 0 Å². The molecule has 0 amide bonds. The van der Waals surface area contributed by atoms with Gasteiger partial charge in [0.05, 0.1) is 6.04 Å². The van der Waals surface area contributed by atoms with Crippen LogP contribution in [0, 0.1) is 11.6 Å². The van der Waals surface area contributed by atoms with Gasteiger partial charge in [-0.1, -0.05) is 19.9 Å². The average Bonchev–Trinajstić information content (AvgIpc) is 2.41. The topological polar surface area (TPSA) is 15.3 Å². The summed E-state index contributed by atoms with van der Waals surface area (Å²) in [7, 11) is 3.89. The third kappa shape index (κ3) is 3.36. The lowest BCUT2D eigenvalue weighted by molar-refractivity contribution is 0.109. The van der Waals surface area contributed by atoms with E-state index in [4.69, 9.17) is 0 Å². The quantitative estimate of drug-likeness (QED) is 0.820. The van der Waals surface area contributed by atoms with Crippen molar-refractivity contribution in [2.24, 2.45) is 0 Å². The molecule has 0 radical (unpaired) electrons. The van der Waals surface area contributed by atoms with Crippen LogP contribution in [0.15, 0.2) is 18.2 Å². The summed E-state index contributed by atoms with van der Waals surface area (Å²) in [6, 6.07) is 3.67. The van der Waals surface area contributed by atoms with E-state index in [9.17, 15) is 8.78 Å². The predicted molar refractivity (Wildman–Crippen MR) is 79.8 cm³/mol. The van der Waals surface area contributed by atoms with Crippen molar-refractivity contribution in [3.8, 4) is 0 Å². The second-order valence-electron chi connectivity index (χ2n) is 5.63. The van der Waals surface area contributed by atoms with Crippen LogP contribution in [0.25, 0.3) is 0 Å². The molecule has 2 atom stereocenters. The van der Waals surface area contributed by atoms with Gasteiger partial charge in [-0.15, -0.1) is 0 Å². The molecule has 0 saturated carbocycles. The van der Waals surface area contributed by atoms with Crippen molar-refractivity contribution < 1.29 is 8.78 Å². The van der Waals surface area contributed by atoms with Crippen LogP contribution in [0.3, 0.4) is 0 Å². The molecular formula is C16H26F2N2. The molecule has 1 aromatic carbocycles. The fourth-order valence-electron chi connectivity index (χ4n) is 2.49. The van der Waals surface area contributed by atoms with Gasteiger partial charge in [0.1, 0.15) is 11.6 Å². The van der Waals surface area contributed by atoms with E-state index in [1.807, 2.05) is 39.8 Å². The Morgan fingerprint density at radius 3 is 2.15 bits per heavy atom. The predicted octanol–water partition coefficient (Wildman–Crippen LogP) is 3.74. The fraction of sp³-hybridized carbons (Fsp3) is 0.625. The number of likely N-dealkylation sites (N-methyl/N-ethyl adjacent to an activating group) is 1. The number of hydrogen-bond acceptors (Lipinski definition) is 2. The van der Waals surface area contributed by atoms with Crippen LogP contribution in [-0.2, 0) is 0 Å². The van der Waals surface area contributed by atoms with Crippen LogP contribution in [-0.4, -0.2) is 31.1 Å². The number of benzene rings is 1. The lowest BCUT2D eigenvalue weighted by Gasteiger charge is -2.43. The molecule has 0 aromatic heterocycles. The fourth-order valence-corrected chi connectivity index (χ4v) is 2.49. The first-order valence-electron chi connectivity index (χ1n) is 7.23. The van der Waals surface area contributed by atoms with E-state index in [0.717, 1.165) is 19.4 Å². The molecule has 1 N–H and O–H groups in total. The standard InChI is InChI=1S/C16H26F2N2/c1-6-11-19-15(16(3,7-2)20(4)5)14-12(17)9-8-10-13(14)18/h8-10,15,19H,6-7,11H2,1-5H3. The highest BCUT2D eigenvalue weighted by Crippen LogP contribution is 2.35. The first kappa shape index (κ1) is 17.1. The molecule has 0 bridgehead atoms. The summed E-state index contributed by atoms with van der Waals surface area (Å²) in [4.78, 5) is 2.03. The molecule has 0 fully saturated rings. The van der Waals surface area contributed by atoms with E-state index < -0.39 is 11.6 Å². The average molecular weight is 284 g/mol. The van der Waals surface area contributed by atoms with Gasteiger partial charge in [0.2, 0.25) is 0 Å². The van der Waals surface area contributed by atoms with E-state index in [-0.39, 0.29) is 17.1 Å². The number of hydrogen-bond donors (Lipinski definition) is 1. The lowest BCUT2D eigenvalue weighted by Crippen LogP contribution is -2.52. The van der Waals surface area contributed by atoms with Gasteiger partial charge in [0.25, 0.3) is 0 Å². The lowest BCUT2D eigenvalue weighted by atomic mass is 9.83. The van der Waals surface area contributed by atoms with E-state index in [0.29, 0.717) is 0 Å². The molecule has 2 unspecified atom stereocenters.